The Kier molecular flexibility index (Phi) is 5.75. The first-order chi connectivity index (χ1) is 7.47. The van der Waals surface area contributed by atoms with E-state index in [-0.39, 0.29) is 5.75 Å². The van der Waals surface area contributed by atoms with Crippen molar-refractivity contribution in [1.29, 1.82) is 0 Å². The first-order valence-electron chi connectivity index (χ1n) is 4.72. The molecule has 3 nitrogen and oxygen atoms in total. The highest BCUT2D eigenvalue weighted by molar-refractivity contribution is 9.10. The average Bonchev–Trinajstić information content (AvgIpc) is 2.15. The maximum atomic E-state index is 10.6. The lowest BCUT2D eigenvalue weighted by Crippen LogP contribution is -2.03. The molecule has 0 bridgehead atoms. The van der Waals surface area contributed by atoms with E-state index in [4.69, 9.17) is 15.4 Å². The minimum atomic E-state index is -3.39. The fourth-order valence-corrected chi connectivity index (χ4v) is 2.39. The summed E-state index contributed by atoms with van der Waals surface area (Å²) >= 11 is 3.36. The monoisotopic (exact) mass is 326 g/mol. The van der Waals surface area contributed by atoms with Crippen LogP contribution in [0.4, 0.5) is 0 Å². The molecule has 0 atom stereocenters. The summed E-state index contributed by atoms with van der Waals surface area (Å²) in [5, 5.41) is 0. The number of hydrogen-bond donors (Lipinski definition) is 0. The van der Waals surface area contributed by atoms with Gasteiger partial charge in [0.1, 0.15) is 0 Å². The summed E-state index contributed by atoms with van der Waals surface area (Å²) in [6.45, 7) is 0.861. The van der Waals surface area contributed by atoms with Crippen LogP contribution in [0.1, 0.15) is 12.0 Å². The van der Waals surface area contributed by atoms with Crippen LogP contribution in [0, 0.1) is 0 Å². The Hall–Kier alpha value is -0.100. The molecule has 0 aliphatic heterocycles. The van der Waals surface area contributed by atoms with Crippen LogP contribution in [0.3, 0.4) is 0 Å². The van der Waals surface area contributed by atoms with Gasteiger partial charge in [0.25, 0.3) is 0 Å². The molecule has 0 heterocycles. The highest BCUT2D eigenvalue weighted by Crippen LogP contribution is 2.12. The Balaban J connectivity index is 2.21. The first kappa shape index (κ1) is 14.0. The van der Waals surface area contributed by atoms with E-state index in [0.717, 1.165) is 10.0 Å². The van der Waals surface area contributed by atoms with Gasteiger partial charge in [-0.1, -0.05) is 28.1 Å². The Labute approximate surface area is 108 Å². The van der Waals surface area contributed by atoms with Gasteiger partial charge in [-0.3, -0.25) is 0 Å². The fourth-order valence-electron chi connectivity index (χ4n) is 1.15. The summed E-state index contributed by atoms with van der Waals surface area (Å²) in [6.07, 6.45) is 0.417. The molecule has 1 rings (SSSR count). The Bertz CT molecular complexity index is 433. The normalized spacial score (nSPS) is 11.6. The maximum absolute atomic E-state index is 10.6. The van der Waals surface area contributed by atoms with E-state index in [1.165, 1.54) is 0 Å². The van der Waals surface area contributed by atoms with Crippen molar-refractivity contribution >= 4 is 35.7 Å². The molecule has 0 unspecified atom stereocenters. The predicted octanol–water partition coefficient (Wildman–Crippen LogP) is 2.92. The zero-order valence-electron chi connectivity index (χ0n) is 8.53. The lowest BCUT2D eigenvalue weighted by atomic mass is 10.2. The molecule has 6 heteroatoms. The smallest absolute Gasteiger partial charge is 0.232 e. The van der Waals surface area contributed by atoms with Crippen molar-refractivity contribution in [1.82, 2.24) is 0 Å². The average molecular weight is 328 g/mol. The second-order valence-corrected chi connectivity index (χ2v) is 7.09. The molecule has 0 saturated heterocycles. The summed E-state index contributed by atoms with van der Waals surface area (Å²) in [5.41, 5.74) is 1.04. The Morgan fingerprint density at radius 3 is 2.75 bits per heavy atom. The lowest BCUT2D eigenvalue weighted by molar-refractivity contribution is 0.122. The van der Waals surface area contributed by atoms with Crippen LogP contribution in [0.2, 0.25) is 0 Å². The van der Waals surface area contributed by atoms with Gasteiger partial charge in [-0.2, -0.15) is 0 Å². The zero-order valence-corrected chi connectivity index (χ0v) is 11.7. The molecule has 0 fully saturated rings. The summed E-state index contributed by atoms with van der Waals surface area (Å²) in [4.78, 5) is 0. The quantitative estimate of drug-likeness (QED) is 0.596. The van der Waals surface area contributed by atoms with E-state index in [1.807, 2.05) is 24.3 Å². The van der Waals surface area contributed by atoms with E-state index in [1.54, 1.807) is 0 Å². The van der Waals surface area contributed by atoms with Crippen molar-refractivity contribution in [3.8, 4) is 0 Å². The van der Waals surface area contributed by atoms with Gasteiger partial charge in [-0.15, -0.1) is 0 Å². The van der Waals surface area contributed by atoms with Crippen LogP contribution in [-0.4, -0.2) is 20.8 Å². The highest BCUT2D eigenvalue weighted by Gasteiger charge is 2.03. The van der Waals surface area contributed by atoms with Gasteiger partial charge in [0, 0.05) is 21.8 Å². The van der Waals surface area contributed by atoms with Crippen LogP contribution in [0.5, 0.6) is 0 Å². The Morgan fingerprint density at radius 1 is 1.38 bits per heavy atom. The van der Waals surface area contributed by atoms with Crippen LogP contribution in [0.25, 0.3) is 0 Å². The maximum Gasteiger partial charge on any atom is 0.232 e. The van der Waals surface area contributed by atoms with Gasteiger partial charge >= 0.3 is 0 Å². The summed E-state index contributed by atoms with van der Waals surface area (Å²) in [7, 11) is 1.67. The topological polar surface area (TPSA) is 43.4 Å². The fraction of sp³-hybridized carbons (Fsp3) is 0.400. The van der Waals surface area contributed by atoms with E-state index in [2.05, 4.69) is 15.9 Å². The molecule has 90 valence electrons. The largest absolute Gasteiger partial charge is 0.377 e. The molecule has 16 heavy (non-hydrogen) atoms. The van der Waals surface area contributed by atoms with Gasteiger partial charge < -0.3 is 4.74 Å². The molecule has 0 amide bonds. The molecule has 1 aromatic carbocycles. The third-order valence-corrected chi connectivity index (χ3v) is 3.57. The molecule has 0 aliphatic rings. The molecular formula is C10H12BrClO3S. The minimum Gasteiger partial charge on any atom is -0.377 e. The number of benzene rings is 1. The van der Waals surface area contributed by atoms with Crippen molar-refractivity contribution in [2.45, 2.75) is 13.0 Å². The minimum absolute atomic E-state index is 0.0486. The number of halogens is 2. The third kappa shape index (κ3) is 6.48. The molecule has 0 aliphatic carbocycles. The second-order valence-electron chi connectivity index (χ2n) is 3.28. The number of rotatable bonds is 6. The number of hydrogen-bond acceptors (Lipinski definition) is 3. The molecule has 0 spiro atoms. The SMILES string of the molecule is O=S(=O)(Cl)CCCOCc1cccc(Br)c1. The van der Waals surface area contributed by atoms with Crippen LogP contribution in [-0.2, 0) is 20.4 Å². The van der Waals surface area contributed by atoms with Crippen molar-refractivity contribution < 1.29 is 13.2 Å². The van der Waals surface area contributed by atoms with E-state index in [0.29, 0.717) is 19.6 Å². The zero-order chi connectivity index (χ0) is 12.0. The second kappa shape index (κ2) is 6.59. The van der Waals surface area contributed by atoms with Gasteiger partial charge in [0.15, 0.2) is 0 Å². The summed E-state index contributed by atoms with van der Waals surface area (Å²) in [6, 6.07) is 7.76. The van der Waals surface area contributed by atoms with Crippen molar-refractivity contribution in [2.24, 2.45) is 0 Å². The number of ether oxygens (including phenoxy) is 1. The van der Waals surface area contributed by atoms with E-state index < -0.39 is 9.05 Å². The van der Waals surface area contributed by atoms with E-state index >= 15 is 0 Å². The molecule has 0 aromatic heterocycles. The van der Waals surface area contributed by atoms with Crippen LogP contribution < -0.4 is 0 Å². The summed E-state index contributed by atoms with van der Waals surface area (Å²) < 4.78 is 27.5. The van der Waals surface area contributed by atoms with Gasteiger partial charge in [-0.25, -0.2) is 8.42 Å². The molecule has 0 N–H and O–H groups in total. The van der Waals surface area contributed by atoms with Crippen LogP contribution >= 0.6 is 26.6 Å². The highest BCUT2D eigenvalue weighted by atomic mass is 79.9. The lowest BCUT2D eigenvalue weighted by Gasteiger charge is -2.03. The standard InChI is InChI=1S/C10H12BrClO3S/c11-10-4-1-3-9(7-10)8-15-5-2-6-16(12,13)14/h1,3-4,7H,2,5-6,8H2. The van der Waals surface area contributed by atoms with Crippen molar-refractivity contribution in [3.05, 3.63) is 34.3 Å². The van der Waals surface area contributed by atoms with Crippen molar-refractivity contribution in [3.63, 3.8) is 0 Å². The van der Waals surface area contributed by atoms with E-state index in [9.17, 15) is 8.42 Å². The summed E-state index contributed by atoms with van der Waals surface area (Å²) in [5.74, 6) is -0.0486. The third-order valence-electron chi connectivity index (χ3n) is 1.83. The molecular weight excluding hydrogens is 316 g/mol. The predicted molar refractivity (Wildman–Crippen MR) is 68.1 cm³/mol. The van der Waals surface area contributed by atoms with Crippen LogP contribution in [0.15, 0.2) is 28.7 Å². The Morgan fingerprint density at radius 2 is 2.12 bits per heavy atom. The molecule has 1 aromatic rings. The first-order valence-corrected chi connectivity index (χ1v) is 7.99. The van der Waals surface area contributed by atoms with Gasteiger partial charge in [0.2, 0.25) is 9.05 Å². The molecule has 0 saturated carbocycles. The van der Waals surface area contributed by atoms with Gasteiger partial charge in [0.05, 0.1) is 12.4 Å². The van der Waals surface area contributed by atoms with Gasteiger partial charge in [-0.05, 0) is 24.1 Å². The molecule has 0 radical (unpaired) electrons. The van der Waals surface area contributed by atoms with Crippen molar-refractivity contribution in [2.75, 3.05) is 12.4 Å².